The van der Waals surface area contributed by atoms with Crippen molar-refractivity contribution >= 4 is 5.78 Å². The van der Waals surface area contributed by atoms with Gasteiger partial charge in [-0.2, -0.15) is 0 Å². The van der Waals surface area contributed by atoms with E-state index in [0.29, 0.717) is 6.42 Å². The van der Waals surface area contributed by atoms with Gasteiger partial charge in [0.2, 0.25) is 5.78 Å². The van der Waals surface area contributed by atoms with Crippen molar-refractivity contribution in [3.8, 4) is 0 Å². The standard InChI is InChI=1S/C10H16O3/c1-9(2)5-10(3,4)8(13)6(11)7(9)12/h11-12H,5H2,1-4H3. The monoisotopic (exact) mass is 184 g/mol. The number of Topliss-reactive ketones (excluding diaryl/α,β-unsaturated/α-hetero) is 1. The lowest BCUT2D eigenvalue weighted by molar-refractivity contribution is -0.130. The summed E-state index contributed by atoms with van der Waals surface area (Å²) in [6.07, 6.45) is 0.550. The molecule has 0 atom stereocenters. The van der Waals surface area contributed by atoms with E-state index in [1.165, 1.54) is 0 Å². The van der Waals surface area contributed by atoms with Crippen LogP contribution in [0.25, 0.3) is 0 Å². The lowest BCUT2D eigenvalue weighted by Gasteiger charge is -2.37. The normalized spacial score (nSPS) is 26.3. The topological polar surface area (TPSA) is 57.5 Å². The number of allylic oxidation sites excluding steroid dienone is 2. The van der Waals surface area contributed by atoms with E-state index in [1.54, 1.807) is 13.8 Å². The Morgan fingerprint density at radius 3 is 2.00 bits per heavy atom. The highest BCUT2D eigenvalue weighted by Gasteiger charge is 2.45. The molecule has 1 rings (SSSR count). The molecule has 0 saturated heterocycles. The van der Waals surface area contributed by atoms with E-state index >= 15 is 0 Å². The van der Waals surface area contributed by atoms with Gasteiger partial charge in [0.25, 0.3) is 0 Å². The first-order valence-corrected chi connectivity index (χ1v) is 4.36. The Bertz CT molecular complexity index is 285. The maximum Gasteiger partial charge on any atom is 0.206 e. The summed E-state index contributed by atoms with van der Waals surface area (Å²) in [5.41, 5.74) is -1.10. The average molecular weight is 184 g/mol. The fourth-order valence-electron chi connectivity index (χ4n) is 2.02. The third-order valence-electron chi connectivity index (χ3n) is 2.58. The van der Waals surface area contributed by atoms with Crippen molar-refractivity contribution in [1.29, 1.82) is 0 Å². The van der Waals surface area contributed by atoms with Crippen LogP contribution in [0.4, 0.5) is 0 Å². The van der Waals surface area contributed by atoms with Gasteiger partial charge >= 0.3 is 0 Å². The number of hydrogen-bond acceptors (Lipinski definition) is 3. The number of carbonyl (C=O) groups is 1. The molecule has 2 N–H and O–H groups in total. The molecule has 74 valence electrons. The molecule has 0 saturated carbocycles. The Hall–Kier alpha value is -0.990. The Morgan fingerprint density at radius 1 is 1.08 bits per heavy atom. The first-order chi connectivity index (χ1) is 5.68. The van der Waals surface area contributed by atoms with Crippen LogP contribution >= 0.6 is 0 Å². The van der Waals surface area contributed by atoms with Gasteiger partial charge < -0.3 is 10.2 Å². The largest absolute Gasteiger partial charge is 0.508 e. The van der Waals surface area contributed by atoms with Crippen molar-refractivity contribution in [2.24, 2.45) is 10.8 Å². The zero-order valence-electron chi connectivity index (χ0n) is 8.51. The molecule has 0 amide bonds. The Labute approximate surface area is 78.1 Å². The molecule has 0 unspecified atom stereocenters. The molecular formula is C10H16O3. The first kappa shape index (κ1) is 10.1. The lowest BCUT2D eigenvalue weighted by atomic mass is 9.67. The van der Waals surface area contributed by atoms with Gasteiger partial charge in [-0.3, -0.25) is 4.79 Å². The summed E-state index contributed by atoms with van der Waals surface area (Å²) in [6, 6.07) is 0. The molecule has 13 heavy (non-hydrogen) atoms. The van der Waals surface area contributed by atoms with Gasteiger partial charge in [0, 0.05) is 10.8 Å². The molecule has 0 radical (unpaired) electrons. The predicted molar refractivity (Wildman–Crippen MR) is 49.5 cm³/mol. The number of aliphatic hydroxyl groups excluding tert-OH is 2. The van der Waals surface area contributed by atoms with E-state index in [9.17, 15) is 15.0 Å². The van der Waals surface area contributed by atoms with Crippen LogP contribution in [0.1, 0.15) is 34.1 Å². The first-order valence-electron chi connectivity index (χ1n) is 4.36. The summed E-state index contributed by atoms with van der Waals surface area (Å²) in [5, 5.41) is 18.9. The minimum atomic E-state index is -0.584. The molecule has 3 heteroatoms. The van der Waals surface area contributed by atoms with Crippen LogP contribution in [0.3, 0.4) is 0 Å². The van der Waals surface area contributed by atoms with Crippen molar-refractivity contribution in [2.75, 3.05) is 0 Å². The Kier molecular flexibility index (Phi) is 1.94. The summed E-state index contributed by atoms with van der Waals surface area (Å²) >= 11 is 0. The second kappa shape index (κ2) is 2.50. The average Bonchev–Trinajstić information content (AvgIpc) is 1.96. The van der Waals surface area contributed by atoms with Crippen molar-refractivity contribution in [3.63, 3.8) is 0 Å². The number of hydrogen-bond donors (Lipinski definition) is 2. The van der Waals surface area contributed by atoms with Gasteiger partial charge in [-0.1, -0.05) is 27.7 Å². The van der Waals surface area contributed by atoms with Crippen LogP contribution in [0.15, 0.2) is 11.5 Å². The summed E-state index contributed by atoms with van der Waals surface area (Å²) < 4.78 is 0. The minimum absolute atomic E-state index is 0.183. The number of carbonyl (C=O) groups excluding carboxylic acids is 1. The van der Waals surface area contributed by atoms with Gasteiger partial charge in [0.15, 0.2) is 5.76 Å². The molecule has 0 heterocycles. The van der Waals surface area contributed by atoms with E-state index in [0.717, 1.165) is 0 Å². The van der Waals surface area contributed by atoms with Crippen molar-refractivity contribution in [2.45, 2.75) is 34.1 Å². The molecule has 1 aliphatic rings. The molecule has 0 aromatic rings. The van der Waals surface area contributed by atoms with Crippen LogP contribution in [0.2, 0.25) is 0 Å². The molecule has 0 bridgehead atoms. The molecule has 0 aromatic heterocycles. The predicted octanol–water partition coefficient (Wildman–Crippen LogP) is 2.34. The van der Waals surface area contributed by atoms with Gasteiger partial charge in [0.05, 0.1) is 0 Å². The van der Waals surface area contributed by atoms with Crippen LogP contribution in [0.5, 0.6) is 0 Å². The van der Waals surface area contributed by atoms with Crippen molar-refractivity contribution in [1.82, 2.24) is 0 Å². The molecular weight excluding hydrogens is 168 g/mol. The van der Waals surface area contributed by atoms with Crippen LogP contribution in [0, 0.1) is 10.8 Å². The zero-order valence-corrected chi connectivity index (χ0v) is 8.51. The highest BCUT2D eigenvalue weighted by Crippen LogP contribution is 2.45. The van der Waals surface area contributed by atoms with Crippen LogP contribution in [-0.2, 0) is 4.79 Å². The summed E-state index contributed by atoms with van der Waals surface area (Å²) in [7, 11) is 0. The Balaban J connectivity index is 3.25. The molecule has 0 spiro atoms. The summed E-state index contributed by atoms with van der Waals surface area (Å²) in [5.74, 6) is -1.03. The van der Waals surface area contributed by atoms with E-state index in [-0.39, 0.29) is 11.5 Å². The second-order valence-corrected chi connectivity index (χ2v) is 4.97. The minimum Gasteiger partial charge on any atom is -0.508 e. The highest BCUT2D eigenvalue weighted by atomic mass is 16.3. The van der Waals surface area contributed by atoms with Crippen LogP contribution < -0.4 is 0 Å². The van der Waals surface area contributed by atoms with E-state index < -0.39 is 16.6 Å². The maximum atomic E-state index is 11.5. The molecule has 0 aliphatic heterocycles. The fraction of sp³-hybridized carbons (Fsp3) is 0.700. The molecule has 1 aliphatic carbocycles. The summed E-state index contributed by atoms with van der Waals surface area (Å²) in [6.45, 7) is 7.18. The smallest absolute Gasteiger partial charge is 0.206 e. The van der Waals surface area contributed by atoms with Crippen molar-refractivity contribution < 1.29 is 15.0 Å². The summed E-state index contributed by atoms with van der Waals surface area (Å²) in [4.78, 5) is 11.5. The van der Waals surface area contributed by atoms with Gasteiger partial charge in [-0.05, 0) is 6.42 Å². The highest BCUT2D eigenvalue weighted by molar-refractivity contribution is 5.98. The van der Waals surface area contributed by atoms with Crippen LogP contribution in [-0.4, -0.2) is 16.0 Å². The quantitative estimate of drug-likeness (QED) is 0.607. The van der Waals surface area contributed by atoms with E-state index in [1.807, 2.05) is 13.8 Å². The second-order valence-electron chi connectivity index (χ2n) is 4.97. The van der Waals surface area contributed by atoms with Gasteiger partial charge in [-0.15, -0.1) is 0 Å². The number of ketones is 1. The fourth-order valence-corrected chi connectivity index (χ4v) is 2.02. The molecule has 3 nitrogen and oxygen atoms in total. The molecule has 0 fully saturated rings. The van der Waals surface area contributed by atoms with E-state index in [2.05, 4.69) is 0 Å². The third kappa shape index (κ3) is 1.43. The SMILES string of the molecule is CC1(C)CC(C)(C)C(O)=C(O)C1=O. The maximum absolute atomic E-state index is 11.5. The zero-order chi connectivity index (χ0) is 10.4. The van der Waals surface area contributed by atoms with E-state index in [4.69, 9.17) is 0 Å². The number of rotatable bonds is 0. The number of aliphatic hydroxyl groups is 2. The van der Waals surface area contributed by atoms with Gasteiger partial charge in [0.1, 0.15) is 5.76 Å². The third-order valence-corrected chi connectivity index (χ3v) is 2.58. The van der Waals surface area contributed by atoms with Gasteiger partial charge in [-0.25, -0.2) is 0 Å². The Morgan fingerprint density at radius 2 is 1.54 bits per heavy atom. The lowest BCUT2D eigenvalue weighted by Crippen LogP contribution is -2.39. The molecule has 0 aromatic carbocycles. The van der Waals surface area contributed by atoms with Crippen molar-refractivity contribution in [3.05, 3.63) is 11.5 Å².